The van der Waals surface area contributed by atoms with Gasteiger partial charge < -0.3 is 5.32 Å². The summed E-state index contributed by atoms with van der Waals surface area (Å²) in [5.41, 5.74) is 3.67. The van der Waals surface area contributed by atoms with Crippen LogP contribution in [0.4, 0.5) is 5.69 Å². The number of carbonyl (C=O) groups excluding carboxylic acids is 1. The summed E-state index contributed by atoms with van der Waals surface area (Å²) in [7, 11) is 0. The van der Waals surface area contributed by atoms with Crippen molar-refractivity contribution >= 4 is 35.6 Å². The highest BCUT2D eigenvalue weighted by atomic mass is 32.1. The van der Waals surface area contributed by atoms with Gasteiger partial charge in [-0.3, -0.25) is 4.79 Å². The van der Waals surface area contributed by atoms with Crippen molar-refractivity contribution in [3.8, 4) is 0 Å². The molecule has 0 bridgehead atoms. The molecule has 0 saturated carbocycles. The van der Waals surface area contributed by atoms with Gasteiger partial charge in [0.15, 0.2) is 0 Å². The van der Waals surface area contributed by atoms with Crippen molar-refractivity contribution in [1.29, 1.82) is 0 Å². The Hall–Kier alpha value is -1.26. The van der Waals surface area contributed by atoms with Crippen LogP contribution in [0.5, 0.6) is 0 Å². The Bertz CT molecular complexity index is 604. The molecule has 1 amide bonds. The highest BCUT2D eigenvalue weighted by molar-refractivity contribution is 7.80. The molecule has 0 saturated heterocycles. The van der Waals surface area contributed by atoms with Crippen LogP contribution in [0.15, 0.2) is 34.5 Å². The van der Waals surface area contributed by atoms with Gasteiger partial charge in [-0.15, -0.1) is 24.0 Å². The second-order valence-corrected chi connectivity index (χ2v) is 5.89. The lowest BCUT2D eigenvalue weighted by Gasteiger charge is -2.06. The number of fused-ring (bicyclic) bond motifs is 1. The van der Waals surface area contributed by atoms with Gasteiger partial charge in [-0.2, -0.15) is 0 Å². The third-order valence-electron chi connectivity index (χ3n) is 3.17. The van der Waals surface area contributed by atoms with E-state index in [4.69, 9.17) is 0 Å². The highest BCUT2D eigenvalue weighted by Gasteiger charge is 2.13. The van der Waals surface area contributed by atoms with Gasteiger partial charge in [-0.1, -0.05) is 6.07 Å². The van der Waals surface area contributed by atoms with Crippen LogP contribution in [0.3, 0.4) is 0 Å². The van der Waals surface area contributed by atoms with Gasteiger partial charge in [0, 0.05) is 16.0 Å². The maximum atomic E-state index is 12.0. The summed E-state index contributed by atoms with van der Waals surface area (Å²) in [5.74, 6) is -0.0572. The van der Waals surface area contributed by atoms with E-state index in [1.807, 2.05) is 11.4 Å². The first-order chi connectivity index (χ1) is 8.72. The number of thiophene rings is 1. The zero-order valence-corrected chi connectivity index (χ0v) is 11.5. The number of nitrogens with one attached hydrogen (secondary N) is 1. The van der Waals surface area contributed by atoms with Gasteiger partial charge in [0.2, 0.25) is 0 Å². The number of aryl methyl sites for hydroxylation is 2. The predicted octanol–water partition coefficient (Wildman–Crippen LogP) is 3.78. The number of hydrogen-bond acceptors (Lipinski definition) is 3. The van der Waals surface area contributed by atoms with Crippen molar-refractivity contribution in [3.63, 3.8) is 0 Å². The number of anilines is 1. The first-order valence-corrected chi connectivity index (χ1v) is 7.26. The Kier molecular flexibility index (Phi) is 3.14. The molecule has 2 nitrogen and oxygen atoms in total. The van der Waals surface area contributed by atoms with E-state index in [0.717, 1.165) is 23.4 Å². The number of rotatable bonds is 2. The van der Waals surface area contributed by atoms with E-state index in [0.29, 0.717) is 4.88 Å². The van der Waals surface area contributed by atoms with Crippen LogP contribution >= 0.6 is 24.0 Å². The molecule has 1 aliphatic rings. The van der Waals surface area contributed by atoms with Crippen molar-refractivity contribution in [3.05, 3.63) is 45.6 Å². The molecule has 92 valence electrons. The molecule has 1 aliphatic carbocycles. The Morgan fingerprint density at radius 2 is 2.06 bits per heavy atom. The van der Waals surface area contributed by atoms with Crippen LogP contribution in [0.25, 0.3) is 0 Å². The number of amides is 1. The molecule has 4 heteroatoms. The lowest BCUT2D eigenvalue weighted by molar-refractivity contribution is 0.103. The fourth-order valence-electron chi connectivity index (χ4n) is 2.29. The topological polar surface area (TPSA) is 29.1 Å². The standard InChI is InChI=1S/C14H13NOS2/c16-14(13-7-12(17)8-18-13)15-11-5-4-9-2-1-3-10(9)6-11/h4-8,17H,1-3H2,(H,15,16). The number of benzene rings is 1. The van der Waals surface area contributed by atoms with Gasteiger partial charge in [-0.25, -0.2) is 0 Å². The monoisotopic (exact) mass is 275 g/mol. The molecule has 18 heavy (non-hydrogen) atoms. The summed E-state index contributed by atoms with van der Waals surface area (Å²) in [6.45, 7) is 0. The van der Waals surface area contributed by atoms with E-state index in [1.165, 1.54) is 28.9 Å². The van der Waals surface area contributed by atoms with Gasteiger partial charge >= 0.3 is 0 Å². The fourth-order valence-corrected chi connectivity index (χ4v) is 3.33. The molecule has 0 aliphatic heterocycles. The fraction of sp³-hybridized carbons (Fsp3) is 0.214. The van der Waals surface area contributed by atoms with Gasteiger partial charge in [0.25, 0.3) is 5.91 Å². The molecule has 0 radical (unpaired) electrons. The Labute approximate surface area is 115 Å². The molecule has 0 atom stereocenters. The lowest BCUT2D eigenvalue weighted by Crippen LogP contribution is -2.10. The van der Waals surface area contributed by atoms with E-state index in [1.54, 1.807) is 6.07 Å². The SMILES string of the molecule is O=C(Nc1ccc2c(c1)CCC2)c1cc(S)cs1. The third-order valence-corrected chi connectivity index (χ3v) is 4.53. The number of thiol groups is 1. The predicted molar refractivity (Wildman–Crippen MR) is 78.0 cm³/mol. The summed E-state index contributed by atoms with van der Waals surface area (Å²) in [6.07, 6.45) is 3.51. The maximum Gasteiger partial charge on any atom is 0.265 e. The summed E-state index contributed by atoms with van der Waals surface area (Å²) >= 11 is 5.62. The van der Waals surface area contributed by atoms with E-state index in [9.17, 15) is 4.79 Å². The molecule has 0 unspecified atom stereocenters. The maximum absolute atomic E-state index is 12.0. The second-order valence-electron chi connectivity index (χ2n) is 4.46. The van der Waals surface area contributed by atoms with Crippen LogP contribution in [0.2, 0.25) is 0 Å². The average Bonchev–Trinajstić information content (AvgIpc) is 2.96. The molecule has 0 fully saturated rings. The average molecular weight is 275 g/mol. The minimum Gasteiger partial charge on any atom is -0.321 e. The van der Waals surface area contributed by atoms with Crippen molar-refractivity contribution in [2.75, 3.05) is 5.32 Å². The van der Waals surface area contributed by atoms with Crippen LogP contribution in [0, 0.1) is 0 Å². The van der Waals surface area contributed by atoms with Crippen molar-refractivity contribution in [2.45, 2.75) is 24.2 Å². The Morgan fingerprint density at radius 1 is 1.22 bits per heavy atom. The smallest absolute Gasteiger partial charge is 0.265 e. The largest absolute Gasteiger partial charge is 0.321 e. The summed E-state index contributed by atoms with van der Waals surface area (Å²) in [4.78, 5) is 13.5. The summed E-state index contributed by atoms with van der Waals surface area (Å²) in [5, 5.41) is 4.80. The highest BCUT2D eigenvalue weighted by Crippen LogP contribution is 2.25. The van der Waals surface area contributed by atoms with Crippen LogP contribution in [-0.4, -0.2) is 5.91 Å². The summed E-state index contributed by atoms with van der Waals surface area (Å²) < 4.78 is 0. The van der Waals surface area contributed by atoms with Crippen molar-refractivity contribution < 1.29 is 4.79 Å². The van der Waals surface area contributed by atoms with E-state index < -0.39 is 0 Å². The molecule has 0 spiro atoms. The molecule has 1 heterocycles. The van der Waals surface area contributed by atoms with Gasteiger partial charge in [-0.05, 0) is 48.6 Å². The van der Waals surface area contributed by atoms with Gasteiger partial charge in [0.1, 0.15) is 0 Å². The molecule has 1 N–H and O–H groups in total. The lowest BCUT2D eigenvalue weighted by atomic mass is 10.1. The first-order valence-electron chi connectivity index (χ1n) is 5.93. The van der Waals surface area contributed by atoms with E-state index in [-0.39, 0.29) is 5.91 Å². The van der Waals surface area contributed by atoms with Crippen LogP contribution < -0.4 is 5.32 Å². The molecular weight excluding hydrogens is 262 g/mol. The minimum absolute atomic E-state index is 0.0572. The molecule has 1 aromatic heterocycles. The summed E-state index contributed by atoms with van der Waals surface area (Å²) in [6, 6.07) is 7.99. The number of carbonyl (C=O) groups is 1. The Balaban J connectivity index is 1.78. The third kappa shape index (κ3) is 2.31. The minimum atomic E-state index is -0.0572. The second kappa shape index (κ2) is 4.78. The number of hydrogen-bond donors (Lipinski definition) is 2. The first kappa shape index (κ1) is 11.8. The van der Waals surface area contributed by atoms with E-state index in [2.05, 4.69) is 30.1 Å². The Morgan fingerprint density at radius 3 is 2.83 bits per heavy atom. The van der Waals surface area contributed by atoms with Crippen LogP contribution in [-0.2, 0) is 12.8 Å². The zero-order chi connectivity index (χ0) is 12.5. The normalized spacial score (nSPS) is 13.4. The quantitative estimate of drug-likeness (QED) is 0.802. The van der Waals surface area contributed by atoms with Crippen LogP contribution in [0.1, 0.15) is 27.2 Å². The molecule has 2 aromatic rings. The zero-order valence-electron chi connectivity index (χ0n) is 9.77. The molecule has 1 aromatic carbocycles. The van der Waals surface area contributed by atoms with Gasteiger partial charge in [0.05, 0.1) is 4.88 Å². The van der Waals surface area contributed by atoms with Crippen molar-refractivity contribution in [2.24, 2.45) is 0 Å². The van der Waals surface area contributed by atoms with Crippen molar-refractivity contribution in [1.82, 2.24) is 0 Å². The van der Waals surface area contributed by atoms with E-state index >= 15 is 0 Å². The molecule has 3 rings (SSSR count). The molecular formula is C14H13NOS2.